The molecule has 0 spiro atoms. The Morgan fingerprint density at radius 1 is 1.19 bits per heavy atom. The van der Waals surface area contributed by atoms with E-state index in [1.54, 1.807) is 6.07 Å². The van der Waals surface area contributed by atoms with Gasteiger partial charge in [0.25, 0.3) is 5.91 Å². The maximum Gasteiger partial charge on any atom is 0.251 e. The molecule has 0 atom stereocenters. The molecule has 0 fully saturated rings. The Bertz CT molecular complexity index is 821. The summed E-state index contributed by atoms with van der Waals surface area (Å²) in [6.07, 6.45) is 0.695. The molecule has 1 aromatic heterocycles. The first-order valence-electron chi connectivity index (χ1n) is 6.78. The number of nitrogens with zero attached hydrogens (tertiary/aromatic N) is 2. The summed E-state index contributed by atoms with van der Waals surface area (Å²) in [4.78, 5) is 11.8. The Balaban J connectivity index is 2.40. The van der Waals surface area contributed by atoms with Crippen molar-refractivity contribution in [2.75, 3.05) is 5.73 Å². The summed E-state index contributed by atoms with van der Waals surface area (Å²) in [7, 11) is 0. The minimum absolute atomic E-state index is 0.353. The molecular formula is C16H16N4O. The van der Waals surface area contributed by atoms with Gasteiger partial charge in [0.15, 0.2) is 0 Å². The average molecular weight is 280 g/mol. The van der Waals surface area contributed by atoms with E-state index in [1.807, 2.05) is 48.0 Å². The lowest BCUT2D eigenvalue weighted by atomic mass is 10.0. The monoisotopic (exact) mass is 280 g/mol. The van der Waals surface area contributed by atoms with E-state index >= 15 is 0 Å². The van der Waals surface area contributed by atoms with Gasteiger partial charge in [-0.1, -0.05) is 25.1 Å². The van der Waals surface area contributed by atoms with Gasteiger partial charge >= 0.3 is 0 Å². The number of nitrogen functional groups attached to an aromatic ring is 1. The molecule has 0 unspecified atom stereocenters. The van der Waals surface area contributed by atoms with E-state index < -0.39 is 5.91 Å². The van der Waals surface area contributed by atoms with Crippen molar-refractivity contribution >= 4 is 22.5 Å². The molecule has 5 heteroatoms. The summed E-state index contributed by atoms with van der Waals surface area (Å²) < 4.78 is 1.82. The summed E-state index contributed by atoms with van der Waals surface area (Å²) in [5.74, 6) is -0.527. The molecule has 3 aromatic rings. The van der Waals surface area contributed by atoms with Crippen LogP contribution in [0.3, 0.4) is 0 Å². The molecule has 0 saturated carbocycles. The van der Waals surface area contributed by atoms with Crippen LogP contribution in [-0.2, 0) is 6.42 Å². The summed E-state index contributed by atoms with van der Waals surface area (Å²) >= 11 is 0. The fraction of sp³-hybridized carbons (Fsp3) is 0.125. The van der Waals surface area contributed by atoms with Crippen LogP contribution < -0.4 is 11.5 Å². The van der Waals surface area contributed by atoms with Crippen molar-refractivity contribution in [2.24, 2.45) is 5.73 Å². The maximum absolute atomic E-state index is 11.8. The van der Waals surface area contributed by atoms with Crippen molar-refractivity contribution in [3.05, 3.63) is 53.7 Å². The Morgan fingerprint density at radius 2 is 1.90 bits per heavy atom. The number of hydrogen-bond donors (Lipinski definition) is 2. The second-order valence-electron chi connectivity index (χ2n) is 4.84. The normalized spacial score (nSPS) is 10.9. The number of aromatic nitrogens is 2. The first-order chi connectivity index (χ1) is 10.1. The second kappa shape index (κ2) is 4.94. The fourth-order valence-electron chi connectivity index (χ4n) is 2.58. The average Bonchev–Trinajstić information content (AvgIpc) is 2.86. The van der Waals surface area contributed by atoms with Gasteiger partial charge in [-0.25, -0.2) is 4.68 Å². The van der Waals surface area contributed by atoms with Crippen LogP contribution in [0.15, 0.2) is 42.5 Å². The summed E-state index contributed by atoms with van der Waals surface area (Å²) in [5.41, 5.74) is 14.7. The lowest BCUT2D eigenvalue weighted by molar-refractivity contribution is 0.100. The van der Waals surface area contributed by atoms with Gasteiger partial charge in [0.1, 0.15) is 0 Å². The third-order valence-electron chi connectivity index (χ3n) is 3.54. The Hall–Kier alpha value is -2.82. The third kappa shape index (κ3) is 2.03. The minimum Gasteiger partial charge on any atom is -0.398 e. The zero-order valence-corrected chi connectivity index (χ0v) is 11.7. The van der Waals surface area contributed by atoms with E-state index in [1.165, 1.54) is 0 Å². The molecule has 106 valence electrons. The van der Waals surface area contributed by atoms with Crippen LogP contribution >= 0.6 is 0 Å². The smallest absolute Gasteiger partial charge is 0.251 e. The molecule has 0 saturated heterocycles. The highest BCUT2D eigenvalue weighted by atomic mass is 16.1. The number of benzene rings is 2. The number of aryl methyl sites for hydroxylation is 1. The van der Waals surface area contributed by atoms with E-state index in [-0.39, 0.29) is 0 Å². The molecular weight excluding hydrogens is 264 g/mol. The van der Waals surface area contributed by atoms with Gasteiger partial charge in [0, 0.05) is 11.1 Å². The highest BCUT2D eigenvalue weighted by molar-refractivity contribution is 6.11. The highest BCUT2D eigenvalue weighted by Gasteiger charge is 2.19. The van der Waals surface area contributed by atoms with Crippen LogP contribution in [0.1, 0.15) is 23.0 Å². The number of carbonyl (C=O) groups excluding carboxylic acids is 1. The quantitative estimate of drug-likeness (QED) is 0.721. The molecule has 21 heavy (non-hydrogen) atoms. The molecule has 1 heterocycles. The molecule has 0 radical (unpaired) electrons. The van der Waals surface area contributed by atoms with Crippen molar-refractivity contribution < 1.29 is 4.79 Å². The second-order valence-corrected chi connectivity index (χ2v) is 4.84. The van der Waals surface area contributed by atoms with E-state index in [0.29, 0.717) is 17.7 Å². The summed E-state index contributed by atoms with van der Waals surface area (Å²) in [6, 6.07) is 13.3. The van der Waals surface area contributed by atoms with E-state index in [4.69, 9.17) is 11.5 Å². The largest absolute Gasteiger partial charge is 0.398 e. The van der Waals surface area contributed by atoms with Gasteiger partial charge < -0.3 is 11.5 Å². The molecule has 0 aliphatic heterocycles. The Kier molecular flexibility index (Phi) is 3.10. The predicted octanol–water partition coefficient (Wildman–Crippen LogP) is 2.27. The summed E-state index contributed by atoms with van der Waals surface area (Å²) in [6.45, 7) is 1.99. The number of hydrogen-bond acceptors (Lipinski definition) is 3. The number of primary amides is 1. The number of carbonyl (C=O) groups is 1. The van der Waals surface area contributed by atoms with E-state index in [0.717, 1.165) is 22.3 Å². The lowest BCUT2D eigenvalue weighted by Gasteiger charge is -2.06. The number of anilines is 1. The van der Waals surface area contributed by atoms with Crippen LogP contribution in [0.2, 0.25) is 0 Å². The zero-order valence-electron chi connectivity index (χ0n) is 11.7. The number of para-hydroxylation sites is 1. The van der Waals surface area contributed by atoms with E-state index in [2.05, 4.69) is 5.10 Å². The molecule has 5 nitrogen and oxygen atoms in total. The first kappa shape index (κ1) is 13.2. The van der Waals surface area contributed by atoms with Crippen LogP contribution in [0.4, 0.5) is 5.69 Å². The predicted molar refractivity (Wildman–Crippen MR) is 83.4 cm³/mol. The van der Waals surface area contributed by atoms with Crippen molar-refractivity contribution in [3.63, 3.8) is 0 Å². The number of amides is 1. The Labute approximate surface area is 122 Å². The van der Waals surface area contributed by atoms with Crippen molar-refractivity contribution in [2.45, 2.75) is 13.3 Å². The van der Waals surface area contributed by atoms with Crippen molar-refractivity contribution in [1.82, 2.24) is 9.78 Å². The van der Waals surface area contributed by atoms with Gasteiger partial charge in [0.05, 0.1) is 22.5 Å². The molecule has 3 rings (SSSR count). The first-order valence-corrected chi connectivity index (χ1v) is 6.78. The molecule has 4 N–H and O–H groups in total. The van der Waals surface area contributed by atoms with Gasteiger partial charge in [-0.15, -0.1) is 0 Å². The van der Waals surface area contributed by atoms with Crippen LogP contribution in [0.5, 0.6) is 0 Å². The topological polar surface area (TPSA) is 86.9 Å². The molecule has 0 aliphatic carbocycles. The van der Waals surface area contributed by atoms with Crippen molar-refractivity contribution in [1.29, 1.82) is 0 Å². The highest BCUT2D eigenvalue weighted by Crippen LogP contribution is 2.29. The van der Waals surface area contributed by atoms with Crippen molar-refractivity contribution in [3.8, 4) is 5.69 Å². The zero-order chi connectivity index (χ0) is 15.0. The lowest BCUT2D eigenvalue weighted by Crippen LogP contribution is -2.14. The fourth-order valence-corrected chi connectivity index (χ4v) is 2.58. The number of nitrogens with two attached hydrogens (primary N) is 2. The molecule has 2 aromatic carbocycles. The molecule has 0 bridgehead atoms. The van der Waals surface area contributed by atoms with Crippen LogP contribution in [-0.4, -0.2) is 15.7 Å². The SMILES string of the molecule is CCc1nn(-c2ccccc2)c2ccc(N)c(C(N)=O)c12. The third-order valence-corrected chi connectivity index (χ3v) is 3.54. The Morgan fingerprint density at radius 3 is 2.52 bits per heavy atom. The minimum atomic E-state index is -0.527. The van der Waals surface area contributed by atoms with Gasteiger partial charge in [0.2, 0.25) is 0 Å². The number of fused-ring (bicyclic) bond motifs is 1. The number of rotatable bonds is 3. The maximum atomic E-state index is 11.8. The summed E-state index contributed by atoms with van der Waals surface area (Å²) in [5, 5.41) is 5.36. The molecule has 1 amide bonds. The standard InChI is InChI=1S/C16H16N4O/c1-2-12-15-13(9-8-11(17)14(15)16(18)21)20(19-12)10-6-4-3-5-7-10/h3-9H,2,17H2,1H3,(H2,18,21). The van der Waals surface area contributed by atoms with Crippen LogP contribution in [0, 0.1) is 0 Å². The van der Waals surface area contributed by atoms with Crippen LogP contribution in [0.25, 0.3) is 16.6 Å². The van der Waals surface area contributed by atoms with E-state index in [9.17, 15) is 4.79 Å². The van der Waals surface area contributed by atoms with Gasteiger partial charge in [-0.3, -0.25) is 4.79 Å². The van der Waals surface area contributed by atoms with Gasteiger partial charge in [-0.05, 0) is 30.7 Å². The molecule has 0 aliphatic rings. The van der Waals surface area contributed by atoms with Gasteiger partial charge in [-0.2, -0.15) is 5.10 Å².